The molecule has 0 radical (unpaired) electrons. The molecule has 33 heavy (non-hydrogen) atoms. The van der Waals surface area contributed by atoms with Crippen LogP contribution in [0.25, 0.3) is 11.0 Å². The van der Waals surface area contributed by atoms with Gasteiger partial charge in [0.1, 0.15) is 0 Å². The van der Waals surface area contributed by atoms with E-state index in [0.717, 1.165) is 6.26 Å². The van der Waals surface area contributed by atoms with Gasteiger partial charge in [-0.15, -0.1) is 0 Å². The first-order chi connectivity index (χ1) is 15.5. The SMILES string of the molecule is C=C(/C=C\C=C(/C)S(C)(=O)=O)S(=O)(=O)c1ccc(CNC(=O)c2cnc3[nH]ncc3c2)nc1. The number of hydrogen-bond acceptors (Lipinski definition) is 8. The molecule has 0 aliphatic carbocycles. The number of pyridine rings is 2. The van der Waals surface area contributed by atoms with Crippen LogP contribution in [0.3, 0.4) is 0 Å². The Kier molecular flexibility index (Phi) is 6.89. The first-order valence-electron chi connectivity index (χ1n) is 9.50. The number of sulfone groups is 2. The molecule has 0 unspecified atom stereocenters. The second-order valence-electron chi connectivity index (χ2n) is 7.08. The Hall–Kier alpha value is -3.64. The summed E-state index contributed by atoms with van der Waals surface area (Å²) in [6.07, 6.45) is 9.03. The highest BCUT2D eigenvalue weighted by Crippen LogP contribution is 2.19. The van der Waals surface area contributed by atoms with Crippen molar-refractivity contribution < 1.29 is 21.6 Å². The van der Waals surface area contributed by atoms with E-state index in [4.69, 9.17) is 0 Å². The molecule has 0 spiro atoms. The van der Waals surface area contributed by atoms with Crippen LogP contribution >= 0.6 is 0 Å². The number of allylic oxidation sites excluding steroid dienone is 4. The van der Waals surface area contributed by atoms with Gasteiger partial charge in [0.25, 0.3) is 5.91 Å². The van der Waals surface area contributed by atoms with Crippen molar-refractivity contribution in [3.8, 4) is 0 Å². The highest BCUT2D eigenvalue weighted by atomic mass is 32.2. The number of H-pyrrole nitrogens is 1. The zero-order chi connectivity index (χ0) is 24.2. The maximum atomic E-state index is 12.6. The Bertz CT molecular complexity index is 1490. The van der Waals surface area contributed by atoms with Gasteiger partial charge >= 0.3 is 0 Å². The lowest BCUT2D eigenvalue weighted by Crippen LogP contribution is -2.23. The molecule has 3 aromatic heterocycles. The molecule has 1 amide bonds. The number of fused-ring (bicyclic) bond motifs is 1. The number of aromatic nitrogens is 4. The van der Waals surface area contributed by atoms with E-state index in [1.165, 1.54) is 49.7 Å². The Morgan fingerprint density at radius 1 is 1.15 bits per heavy atom. The van der Waals surface area contributed by atoms with Crippen molar-refractivity contribution in [1.82, 2.24) is 25.5 Å². The Labute approximate surface area is 191 Å². The number of aromatic amines is 1. The number of carbonyl (C=O) groups excluding carboxylic acids is 1. The van der Waals surface area contributed by atoms with Crippen LogP contribution in [0.1, 0.15) is 23.0 Å². The minimum absolute atomic E-state index is 0.0781. The fourth-order valence-corrected chi connectivity index (χ4v) is 3.89. The Balaban J connectivity index is 1.64. The smallest absolute Gasteiger partial charge is 0.253 e. The molecule has 172 valence electrons. The van der Waals surface area contributed by atoms with Gasteiger partial charge in [0, 0.05) is 28.9 Å². The number of nitrogens with one attached hydrogen (secondary N) is 2. The monoisotopic (exact) mass is 487 g/mol. The molecule has 0 saturated carbocycles. The second kappa shape index (κ2) is 9.46. The van der Waals surface area contributed by atoms with Crippen molar-refractivity contribution in [2.75, 3.05) is 6.26 Å². The number of amides is 1. The van der Waals surface area contributed by atoms with Gasteiger partial charge in [0.15, 0.2) is 15.5 Å². The molecular weight excluding hydrogens is 466 g/mol. The summed E-state index contributed by atoms with van der Waals surface area (Å²) in [5, 5.41) is 9.95. The maximum absolute atomic E-state index is 12.6. The lowest BCUT2D eigenvalue weighted by molar-refractivity contribution is 0.0950. The largest absolute Gasteiger partial charge is 0.346 e. The van der Waals surface area contributed by atoms with E-state index >= 15 is 0 Å². The van der Waals surface area contributed by atoms with Crippen LogP contribution in [-0.2, 0) is 26.2 Å². The highest BCUT2D eigenvalue weighted by molar-refractivity contribution is 7.95. The van der Waals surface area contributed by atoms with Gasteiger partial charge in [-0.1, -0.05) is 12.7 Å². The van der Waals surface area contributed by atoms with Gasteiger partial charge in [-0.05, 0) is 37.3 Å². The first kappa shape index (κ1) is 24.0. The standard InChI is InChI=1S/C21H21N5O5S2/c1-14(32(3,28)29)5-4-6-15(2)33(30,31)19-8-7-18(22-13-19)12-24-21(27)17-9-16-11-25-26-20(16)23-10-17/h4-11,13H,2,12H2,1,3H3,(H,24,27)(H,23,25,26)/b6-4-,14-5+. The predicted octanol–water partition coefficient (Wildman–Crippen LogP) is 2.07. The molecule has 0 fully saturated rings. The van der Waals surface area contributed by atoms with Gasteiger partial charge < -0.3 is 5.32 Å². The van der Waals surface area contributed by atoms with Gasteiger partial charge in [-0.3, -0.25) is 14.9 Å². The summed E-state index contributed by atoms with van der Waals surface area (Å²) in [6, 6.07) is 4.49. The molecule has 0 atom stereocenters. The van der Waals surface area contributed by atoms with Crippen LogP contribution < -0.4 is 5.32 Å². The van der Waals surface area contributed by atoms with E-state index in [1.807, 2.05) is 0 Å². The molecule has 0 bridgehead atoms. The van der Waals surface area contributed by atoms with E-state index in [9.17, 15) is 21.6 Å². The molecule has 3 heterocycles. The summed E-state index contributed by atoms with van der Waals surface area (Å²) in [4.78, 5) is 20.3. The maximum Gasteiger partial charge on any atom is 0.253 e. The van der Waals surface area contributed by atoms with Crippen molar-refractivity contribution >= 4 is 36.6 Å². The normalized spacial score (nSPS) is 12.8. The lowest BCUT2D eigenvalue weighted by Gasteiger charge is -2.07. The van der Waals surface area contributed by atoms with E-state index in [1.54, 1.807) is 12.3 Å². The van der Waals surface area contributed by atoms with Gasteiger partial charge in [0.2, 0.25) is 9.84 Å². The van der Waals surface area contributed by atoms with Crippen LogP contribution in [-0.4, -0.2) is 49.2 Å². The molecule has 2 N–H and O–H groups in total. The Morgan fingerprint density at radius 3 is 2.58 bits per heavy atom. The molecule has 12 heteroatoms. The third-order valence-electron chi connectivity index (χ3n) is 4.63. The minimum atomic E-state index is -3.91. The quantitative estimate of drug-likeness (QED) is 0.458. The number of nitrogens with zero attached hydrogens (tertiary/aromatic N) is 3. The van der Waals surface area contributed by atoms with Crippen LogP contribution in [0.5, 0.6) is 0 Å². The van der Waals surface area contributed by atoms with Crippen LogP contribution in [0, 0.1) is 0 Å². The summed E-state index contributed by atoms with van der Waals surface area (Å²) in [7, 11) is -7.25. The van der Waals surface area contributed by atoms with Gasteiger partial charge in [-0.2, -0.15) is 5.10 Å². The molecule has 0 aliphatic rings. The number of rotatable bonds is 8. The minimum Gasteiger partial charge on any atom is -0.346 e. The van der Waals surface area contributed by atoms with Gasteiger partial charge in [0.05, 0.1) is 33.8 Å². The summed E-state index contributed by atoms with van der Waals surface area (Å²) in [6.45, 7) is 5.03. The summed E-state index contributed by atoms with van der Waals surface area (Å²) < 4.78 is 48.1. The summed E-state index contributed by atoms with van der Waals surface area (Å²) >= 11 is 0. The Morgan fingerprint density at radius 2 is 1.91 bits per heavy atom. The average Bonchev–Trinajstić information content (AvgIpc) is 3.24. The molecule has 0 saturated heterocycles. The van der Waals surface area contributed by atoms with E-state index in [2.05, 4.69) is 32.1 Å². The van der Waals surface area contributed by atoms with E-state index in [-0.39, 0.29) is 27.2 Å². The molecule has 3 aromatic rings. The van der Waals surface area contributed by atoms with Crippen LogP contribution in [0.4, 0.5) is 0 Å². The third kappa shape index (κ3) is 5.79. The predicted molar refractivity (Wildman–Crippen MR) is 123 cm³/mol. The molecule has 0 aromatic carbocycles. The summed E-state index contributed by atoms with van der Waals surface area (Å²) in [5.41, 5.74) is 1.38. The fraction of sp³-hybridized carbons (Fsp3) is 0.143. The molecular formula is C21H21N5O5S2. The molecule has 10 nitrogen and oxygen atoms in total. The lowest BCUT2D eigenvalue weighted by atomic mass is 10.2. The van der Waals surface area contributed by atoms with Crippen LogP contribution in [0.15, 0.2) is 76.3 Å². The van der Waals surface area contributed by atoms with Crippen molar-refractivity contribution in [1.29, 1.82) is 0 Å². The average molecular weight is 488 g/mol. The molecule has 0 aliphatic heterocycles. The van der Waals surface area contributed by atoms with Crippen molar-refractivity contribution in [2.45, 2.75) is 18.4 Å². The topological polar surface area (TPSA) is 152 Å². The molecule has 3 rings (SSSR count). The van der Waals surface area contributed by atoms with Gasteiger partial charge in [-0.25, -0.2) is 21.8 Å². The highest BCUT2D eigenvalue weighted by Gasteiger charge is 2.17. The van der Waals surface area contributed by atoms with Crippen molar-refractivity contribution in [3.63, 3.8) is 0 Å². The van der Waals surface area contributed by atoms with E-state index in [0.29, 0.717) is 22.3 Å². The number of carbonyl (C=O) groups is 1. The zero-order valence-electron chi connectivity index (χ0n) is 17.8. The first-order valence-corrected chi connectivity index (χ1v) is 12.9. The van der Waals surface area contributed by atoms with Crippen molar-refractivity contribution in [2.24, 2.45) is 0 Å². The van der Waals surface area contributed by atoms with Crippen molar-refractivity contribution in [3.05, 3.63) is 82.7 Å². The third-order valence-corrected chi connectivity index (χ3v) is 7.63. The number of hydrogen-bond donors (Lipinski definition) is 2. The summed E-state index contributed by atoms with van der Waals surface area (Å²) in [5.74, 6) is -0.361. The van der Waals surface area contributed by atoms with Crippen LogP contribution in [0.2, 0.25) is 0 Å². The fourth-order valence-electron chi connectivity index (χ4n) is 2.56. The second-order valence-corrected chi connectivity index (χ2v) is 11.3. The zero-order valence-corrected chi connectivity index (χ0v) is 19.4. The van der Waals surface area contributed by atoms with E-state index < -0.39 is 19.7 Å².